The number of halogens is 2. The highest BCUT2D eigenvalue weighted by Crippen LogP contribution is 2.49. The molecule has 7 heteroatoms. The summed E-state index contributed by atoms with van der Waals surface area (Å²) in [5.41, 5.74) is 1.65. The maximum absolute atomic E-state index is 13.9. The van der Waals surface area contributed by atoms with Crippen LogP contribution in [0.25, 0.3) is 0 Å². The van der Waals surface area contributed by atoms with Gasteiger partial charge in [-0.2, -0.15) is 0 Å². The molecular formula is C26H22ClFN2O3. The highest BCUT2D eigenvalue weighted by atomic mass is 35.5. The molecule has 0 saturated carbocycles. The zero-order valence-corrected chi connectivity index (χ0v) is 18.8. The van der Waals surface area contributed by atoms with Crippen LogP contribution in [-0.4, -0.2) is 35.3 Å². The molecule has 5 rings (SSSR count). The third-order valence-electron chi connectivity index (χ3n) is 6.55. The summed E-state index contributed by atoms with van der Waals surface area (Å²) in [5, 5.41) is 0.346. The highest BCUT2D eigenvalue weighted by molar-refractivity contribution is 6.34. The van der Waals surface area contributed by atoms with Gasteiger partial charge >= 0.3 is 0 Å². The second-order valence-electron chi connectivity index (χ2n) is 8.37. The van der Waals surface area contributed by atoms with E-state index in [0.29, 0.717) is 35.7 Å². The fourth-order valence-corrected chi connectivity index (χ4v) is 5.14. The van der Waals surface area contributed by atoms with Gasteiger partial charge in [0.1, 0.15) is 17.1 Å². The van der Waals surface area contributed by atoms with E-state index in [2.05, 4.69) is 0 Å². The molecule has 2 heterocycles. The van der Waals surface area contributed by atoms with E-state index in [1.165, 1.54) is 12.1 Å². The highest BCUT2D eigenvalue weighted by Gasteiger charge is 2.59. The summed E-state index contributed by atoms with van der Waals surface area (Å²) in [6.07, 6.45) is 0.461. The SMILES string of the molecule is COc1ccc(CN2C(=O)c3c(Cl)cccc3[C@@]23CCN(Cc2ccc(F)cc2)C3=O)cc1. The van der Waals surface area contributed by atoms with Crippen LogP contribution in [0.1, 0.15) is 33.5 Å². The number of ether oxygens (including phenoxy) is 1. The summed E-state index contributed by atoms with van der Waals surface area (Å²) in [6.45, 7) is 1.10. The molecule has 1 saturated heterocycles. The molecule has 0 aromatic heterocycles. The average molecular weight is 465 g/mol. The van der Waals surface area contributed by atoms with E-state index in [0.717, 1.165) is 16.9 Å². The van der Waals surface area contributed by atoms with Gasteiger partial charge in [0.15, 0.2) is 0 Å². The monoisotopic (exact) mass is 464 g/mol. The quantitative estimate of drug-likeness (QED) is 0.546. The first-order valence-corrected chi connectivity index (χ1v) is 11.1. The van der Waals surface area contributed by atoms with Gasteiger partial charge in [0.25, 0.3) is 11.8 Å². The number of hydrogen-bond acceptors (Lipinski definition) is 3. The van der Waals surface area contributed by atoms with Crippen LogP contribution >= 0.6 is 11.6 Å². The van der Waals surface area contributed by atoms with Crippen molar-refractivity contribution >= 4 is 23.4 Å². The molecule has 0 aliphatic carbocycles. The molecule has 33 heavy (non-hydrogen) atoms. The Morgan fingerprint density at radius 3 is 2.33 bits per heavy atom. The fourth-order valence-electron chi connectivity index (χ4n) is 4.89. The minimum Gasteiger partial charge on any atom is -0.497 e. The van der Waals surface area contributed by atoms with Crippen molar-refractivity contribution in [1.29, 1.82) is 0 Å². The summed E-state index contributed by atoms with van der Waals surface area (Å²) >= 11 is 6.44. The van der Waals surface area contributed by atoms with E-state index in [1.54, 1.807) is 41.2 Å². The van der Waals surface area contributed by atoms with Gasteiger partial charge < -0.3 is 14.5 Å². The molecular weight excluding hydrogens is 443 g/mol. The molecule has 168 valence electrons. The van der Waals surface area contributed by atoms with Gasteiger partial charge in [-0.1, -0.05) is 48.0 Å². The Hall–Kier alpha value is -3.38. The largest absolute Gasteiger partial charge is 0.497 e. The van der Waals surface area contributed by atoms with Crippen molar-refractivity contribution < 1.29 is 18.7 Å². The van der Waals surface area contributed by atoms with E-state index in [1.807, 2.05) is 30.3 Å². The van der Waals surface area contributed by atoms with E-state index in [9.17, 15) is 14.0 Å². The first-order chi connectivity index (χ1) is 15.9. The predicted molar refractivity (Wildman–Crippen MR) is 122 cm³/mol. The lowest BCUT2D eigenvalue weighted by molar-refractivity contribution is -0.137. The van der Waals surface area contributed by atoms with E-state index in [-0.39, 0.29) is 24.2 Å². The third kappa shape index (κ3) is 3.45. The van der Waals surface area contributed by atoms with Gasteiger partial charge in [-0.3, -0.25) is 9.59 Å². The van der Waals surface area contributed by atoms with Gasteiger partial charge in [-0.05, 0) is 41.5 Å². The molecule has 2 amide bonds. The summed E-state index contributed by atoms with van der Waals surface area (Å²) in [4.78, 5) is 30.9. The Kier molecular flexibility index (Phi) is 5.33. The Labute approximate surface area is 196 Å². The van der Waals surface area contributed by atoms with Crippen molar-refractivity contribution in [3.05, 3.63) is 99.8 Å². The van der Waals surface area contributed by atoms with Crippen LogP contribution in [-0.2, 0) is 23.4 Å². The number of likely N-dealkylation sites (tertiary alicyclic amines) is 1. The average Bonchev–Trinajstić information content (AvgIpc) is 3.27. The van der Waals surface area contributed by atoms with Crippen LogP contribution < -0.4 is 4.74 Å². The number of rotatable bonds is 5. The third-order valence-corrected chi connectivity index (χ3v) is 6.86. The minimum atomic E-state index is -1.11. The maximum atomic E-state index is 13.9. The van der Waals surface area contributed by atoms with Crippen LogP contribution in [0, 0.1) is 5.82 Å². The van der Waals surface area contributed by atoms with Gasteiger partial charge in [0.2, 0.25) is 0 Å². The topological polar surface area (TPSA) is 49.9 Å². The number of amides is 2. The van der Waals surface area contributed by atoms with Crippen molar-refractivity contribution in [3.63, 3.8) is 0 Å². The van der Waals surface area contributed by atoms with Crippen LogP contribution in [0.3, 0.4) is 0 Å². The van der Waals surface area contributed by atoms with Crippen molar-refractivity contribution in [2.45, 2.75) is 25.0 Å². The molecule has 2 aliphatic heterocycles. The zero-order valence-electron chi connectivity index (χ0n) is 18.1. The summed E-state index contributed by atoms with van der Waals surface area (Å²) in [6, 6.07) is 18.8. The summed E-state index contributed by atoms with van der Waals surface area (Å²) in [5.74, 6) is 0.00616. The van der Waals surface area contributed by atoms with E-state index in [4.69, 9.17) is 16.3 Å². The molecule has 0 unspecified atom stereocenters. The van der Waals surface area contributed by atoms with Gasteiger partial charge in [-0.25, -0.2) is 4.39 Å². The molecule has 1 fully saturated rings. The predicted octanol–water partition coefficient (Wildman–Crippen LogP) is 4.77. The fraction of sp³-hybridized carbons (Fsp3) is 0.231. The number of nitrogens with zero attached hydrogens (tertiary/aromatic N) is 2. The Morgan fingerprint density at radius 2 is 1.64 bits per heavy atom. The lowest BCUT2D eigenvalue weighted by Gasteiger charge is -2.34. The minimum absolute atomic E-state index is 0.144. The molecule has 0 radical (unpaired) electrons. The lowest BCUT2D eigenvalue weighted by atomic mass is 9.87. The second-order valence-corrected chi connectivity index (χ2v) is 8.77. The van der Waals surface area contributed by atoms with Crippen molar-refractivity contribution in [3.8, 4) is 5.75 Å². The molecule has 2 aliphatic rings. The van der Waals surface area contributed by atoms with Crippen LogP contribution in [0.5, 0.6) is 5.75 Å². The Morgan fingerprint density at radius 1 is 0.970 bits per heavy atom. The molecule has 3 aromatic carbocycles. The Balaban J connectivity index is 1.53. The van der Waals surface area contributed by atoms with Gasteiger partial charge in [-0.15, -0.1) is 0 Å². The molecule has 1 atom stereocenters. The summed E-state index contributed by atoms with van der Waals surface area (Å²) < 4.78 is 18.6. The maximum Gasteiger partial charge on any atom is 0.257 e. The van der Waals surface area contributed by atoms with Crippen LogP contribution in [0.2, 0.25) is 5.02 Å². The number of benzene rings is 3. The molecule has 3 aromatic rings. The number of hydrogen-bond donors (Lipinski definition) is 0. The van der Waals surface area contributed by atoms with Crippen molar-refractivity contribution in [2.75, 3.05) is 13.7 Å². The Bertz CT molecular complexity index is 1230. The van der Waals surface area contributed by atoms with E-state index >= 15 is 0 Å². The first-order valence-electron chi connectivity index (χ1n) is 10.7. The first kappa shape index (κ1) is 21.5. The number of carbonyl (C=O) groups is 2. The normalized spacial score (nSPS) is 19.5. The van der Waals surface area contributed by atoms with Gasteiger partial charge in [0, 0.05) is 31.6 Å². The second kappa shape index (κ2) is 8.19. The molecule has 0 bridgehead atoms. The van der Waals surface area contributed by atoms with E-state index < -0.39 is 5.54 Å². The molecule has 1 spiro atoms. The van der Waals surface area contributed by atoms with Crippen molar-refractivity contribution in [1.82, 2.24) is 9.80 Å². The number of methoxy groups -OCH3 is 1. The summed E-state index contributed by atoms with van der Waals surface area (Å²) in [7, 11) is 1.60. The zero-order chi connectivity index (χ0) is 23.2. The number of carbonyl (C=O) groups excluding carboxylic acids is 2. The molecule has 5 nitrogen and oxygen atoms in total. The van der Waals surface area contributed by atoms with Crippen molar-refractivity contribution in [2.24, 2.45) is 0 Å². The number of fused-ring (bicyclic) bond motifs is 2. The van der Waals surface area contributed by atoms with Gasteiger partial charge in [0.05, 0.1) is 17.7 Å². The standard InChI is InChI=1S/C26H22ClFN2O3/c1-33-20-11-7-18(8-12-20)16-30-24(31)23-21(3-2-4-22(23)27)26(30)13-14-29(25(26)32)15-17-5-9-19(28)10-6-17/h2-12H,13-16H2,1H3/t26-/m1/s1. The lowest BCUT2D eigenvalue weighted by Crippen LogP contribution is -2.49. The van der Waals surface area contributed by atoms with Crippen LogP contribution in [0.4, 0.5) is 4.39 Å². The smallest absolute Gasteiger partial charge is 0.257 e. The van der Waals surface area contributed by atoms with Crippen LogP contribution in [0.15, 0.2) is 66.7 Å². The molecule has 0 N–H and O–H groups in total.